The zero-order chi connectivity index (χ0) is 31.9. The smallest absolute Gasteiger partial charge is 0.131 e. The molecule has 4 saturated carbocycles. The SMILES string of the molecule is COc1cc(OC)c(-c2c(OC)cc(OC)cc2P(C2CCCCC2)C2CCCCC2)c(P(C2CCCCC2)C2CCCCC2)c1. The lowest BCUT2D eigenvalue weighted by atomic mass is 9.99. The summed E-state index contributed by atoms with van der Waals surface area (Å²) in [4.78, 5) is 0. The average Bonchev–Trinajstić information content (AvgIpc) is 3.13. The molecular formula is C40H60O4P2. The fourth-order valence-electron chi connectivity index (χ4n) is 9.44. The van der Waals surface area contributed by atoms with Crippen molar-refractivity contribution >= 4 is 26.5 Å². The second-order valence-corrected chi connectivity index (χ2v) is 19.9. The standard InChI is InChI=1S/C40H60O4P2/c1-41-29-25-35(43-3)39(37(27-29)45(31-17-9-5-10-18-31)32-19-11-6-12-20-32)40-36(44-4)26-30(42-2)28-38(40)46(33-21-13-7-14-22-33)34-23-15-8-16-24-34/h25-28,31-34H,5-24H2,1-4H3. The van der Waals surface area contributed by atoms with Crippen LogP contribution >= 0.6 is 15.8 Å². The normalized spacial score (nSPS) is 21.1. The highest BCUT2D eigenvalue weighted by Gasteiger charge is 2.39. The fourth-order valence-corrected chi connectivity index (χ4v) is 17.4. The number of hydrogen-bond donors (Lipinski definition) is 0. The Morgan fingerprint density at radius 3 is 0.913 bits per heavy atom. The molecule has 4 aliphatic carbocycles. The van der Waals surface area contributed by atoms with Gasteiger partial charge in [0.1, 0.15) is 23.0 Å². The maximum atomic E-state index is 6.44. The summed E-state index contributed by atoms with van der Waals surface area (Å²) < 4.78 is 25.0. The molecule has 6 rings (SSSR count). The minimum atomic E-state index is -0.409. The van der Waals surface area contributed by atoms with Gasteiger partial charge in [0.15, 0.2) is 0 Å². The summed E-state index contributed by atoms with van der Waals surface area (Å²) in [6, 6.07) is 9.21. The minimum Gasteiger partial charge on any atom is -0.497 e. The molecule has 2 aromatic carbocycles. The number of rotatable bonds is 11. The van der Waals surface area contributed by atoms with Crippen LogP contribution in [0.25, 0.3) is 11.1 Å². The van der Waals surface area contributed by atoms with E-state index in [0.29, 0.717) is 0 Å². The van der Waals surface area contributed by atoms with Gasteiger partial charge < -0.3 is 18.9 Å². The second-order valence-electron chi connectivity index (χ2n) is 14.4. The molecule has 0 radical (unpaired) electrons. The average molecular weight is 667 g/mol. The number of methoxy groups -OCH3 is 4. The van der Waals surface area contributed by atoms with Crippen LogP contribution < -0.4 is 29.6 Å². The highest BCUT2D eigenvalue weighted by molar-refractivity contribution is 7.68. The van der Waals surface area contributed by atoms with Gasteiger partial charge in [-0.3, -0.25) is 0 Å². The molecule has 0 unspecified atom stereocenters. The van der Waals surface area contributed by atoms with Crippen LogP contribution in [0, 0.1) is 0 Å². The first-order valence-electron chi connectivity index (χ1n) is 18.8. The van der Waals surface area contributed by atoms with Crippen molar-refractivity contribution in [1.82, 2.24) is 0 Å². The summed E-state index contributed by atoms with van der Waals surface area (Å²) in [5, 5.41) is 3.05. The van der Waals surface area contributed by atoms with E-state index in [9.17, 15) is 0 Å². The highest BCUT2D eigenvalue weighted by Crippen LogP contribution is 2.61. The van der Waals surface area contributed by atoms with E-state index in [1.165, 1.54) is 150 Å². The van der Waals surface area contributed by atoms with Gasteiger partial charge in [-0.2, -0.15) is 0 Å². The topological polar surface area (TPSA) is 36.9 Å². The van der Waals surface area contributed by atoms with Crippen molar-refractivity contribution in [3.05, 3.63) is 24.3 Å². The van der Waals surface area contributed by atoms with Crippen molar-refractivity contribution in [2.75, 3.05) is 28.4 Å². The molecular weight excluding hydrogens is 606 g/mol. The number of hydrogen-bond acceptors (Lipinski definition) is 4. The van der Waals surface area contributed by atoms with Gasteiger partial charge in [-0.15, -0.1) is 0 Å². The summed E-state index contributed by atoms with van der Waals surface area (Å²) in [5.41, 5.74) is 5.72. The molecule has 46 heavy (non-hydrogen) atoms. The first-order valence-corrected chi connectivity index (χ1v) is 21.7. The van der Waals surface area contributed by atoms with E-state index in [-0.39, 0.29) is 0 Å². The molecule has 0 aromatic heterocycles. The van der Waals surface area contributed by atoms with Gasteiger partial charge in [-0.05, 0) is 96.7 Å². The molecule has 0 spiro atoms. The summed E-state index contributed by atoms with van der Waals surface area (Å²) >= 11 is 0. The summed E-state index contributed by atoms with van der Waals surface area (Å²) in [5.74, 6) is 3.79. The van der Waals surface area contributed by atoms with Gasteiger partial charge in [0.2, 0.25) is 0 Å². The van der Waals surface area contributed by atoms with Crippen LogP contribution in [0.4, 0.5) is 0 Å². The predicted molar refractivity (Wildman–Crippen MR) is 199 cm³/mol. The van der Waals surface area contributed by atoms with Crippen molar-refractivity contribution in [2.45, 2.75) is 151 Å². The molecule has 2 aromatic rings. The Bertz CT molecular complexity index is 1120. The zero-order valence-electron chi connectivity index (χ0n) is 29.3. The summed E-state index contributed by atoms with van der Waals surface area (Å²) in [6.07, 6.45) is 27.5. The van der Waals surface area contributed by atoms with E-state index in [0.717, 1.165) is 45.6 Å². The van der Waals surface area contributed by atoms with Crippen molar-refractivity contribution in [3.8, 4) is 34.1 Å². The Morgan fingerprint density at radius 2 is 0.674 bits per heavy atom. The van der Waals surface area contributed by atoms with Gasteiger partial charge in [0, 0.05) is 23.3 Å². The summed E-state index contributed by atoms with van der Waals surface area (Å²) in [7, 11) is 6.57. The number of ether oxygens (including phenoxy) is 4. The van der Waals surface area contributed by atoms with E-state index < -0.39 is 15.8 Å². The van der Waals surface area contributed by atoms with E-state index in [4.69, 9.17) is 18.9 Å². The first kappa shape index (κ1) is 34.4. The molecule has 0 N–H and O–H groups in total. The maximum Gasteiger partial charge on any atom is 0.131 e. The maximum absolute atomic E-state index is 6.44. The van der Waals surface area contributed by atoms with Gasteiger partial charge in [-0.1, -0.05) is 92.9 Å². The molecule has 6 heteroatoms. The number of benzene rings is 2. The van der Waals surface area contributed by atoms with Gasteiger partial charge in [-0.25, -0.2) is 0 Å². The highest BCUT2D eigenvalue weighted by atomic mass is 31.1. The molecule has 4 aliphatic rings. The Hall–Kier alpha value is -1.50. The Labute approximate surface area is 282 Å². The molecule has 4 fully saturated rings. The van der Waals surface area contributed by atoms with E-state index in [1.54, 1.807) is 0 Å². The molecule has 254 valence electrons. The lowest BCUT2D eigenvalue weighted by Crippen LogP contribution is -2.30. The van der Waals surface area contributed by atoms with Crippen molar-refractivity contribution in [3.63, 3.8) is 0 Å². The largest absolute Gasteiger partial charge is 0.497 e. The van der Waals surface area contributed by atoms with E-state index >= 15 is 0 Å². The lowest BCUT2D eigenvalue weighted by molar-refractivity contribution is 0.392. The molecule has 4 nitrogen and oxygen atoms in total. The minimum absolute atomic E-state index is 0.409. The molecule has 0 amide bonds. The second kappa shape index (κ2) is 16.7. The Balaban J connectivity index is 1.62. The van der Waals surface area contributed by atoms with Crippen LogP contribution in [0.15, 0.2) is 24.3 Å². The third-order valence-corrected chi connectivity index (χ3v) is 18.7. The molecule has 0 atom stereocenters. The Morgan fingerprint density at radius 1 is 0.391 bits per heavy atom. The van der Waals surface area contributed by atoms with Gasteiger partial charge in [0.05, 0.1) is 28.4 Å². The van der Waals surface area contributed by atoms with Gasteiger partial charge >= 0.3 is 0 Å². The van der Waals surface area contributed by atoms with Crippen LogP contribution in [-0.4, -0.2) is 51.1 Å². The van der Waals surface area contributed by atoms with Crippen molar-refractivity contribution in [2.24, 2.45) is 0 Å². The third kappa shape index (κ3) is 7.54. The fraction of sp³-hybridized carbons (Fsp3) is 0.700. The molecule has 0 aliphatic heterocycles. The van der Waals surface area contributed by atoms with Crippen LogP contribution in [0.3, 0.4) is 0 Å². The van der Waals surface area contributed by atoms with Crippen LogP contribution in [-0.2, 0) is 0 Å². The predicted octanol–water partition coefficient (Wildman–Crippen LogP) is 10.9. The van der Waals surface area contributed by atoms with Crippen molar-refractivity contribution < 1.29 is 18.9 Å². The van der Waals surface area contributed by atoms with E-state index in [2.05, 4.69) is 24.3 Å². The zero-order valence-corrected chi connectivity index (χ0v) is 31.1. The quantitative estimate of drug-likeness (QED) is 0.224. The summed E-state index contributed by atoms with van der Waals surface area (Å²) in [6.45, 7) is 0. The first-order chi connectivity index (χ1) is 22.7. The molecule has 0 saturated heterocycles. The molecule has 0 heterocycles. The van der Waals surface area contributed by atoms with E-state index in [1.807, 2.05) is 28.4 Å². The van der Waals surface area contributed by atoms with Crippen LogP contribution in [0.5, 0.6) is 23.0 Å². The molecule has 0 bridgehead atoms. The van der Waals surface area contributed by atoms with Crippen molar-refractivity contribution in [1.29, 1.82) is 0 Å². The lowest BCUT2D eigenvalue weighted by Gasteiger charge is -2.42. The third-order valence-electron chi connectivity index (χ3n) is 11.7. The van der Waals surface area contributed by atoms with Crippen LogP contribution in [0.2, 0.25) is 0 Å². The van der Waals surface area contributed by atoms with Crippen LogP contribution in [0.1, 0.15) is 128 Å². The monoisotopic (exact) mass is 666 g/mol. The van der Waals surface area contributed by atoms with Gasteiger partial charge in [0.25, 0.3) is 0 Å². The Kier molecular flexibility index (Phi) is 12.5.